The lowest BCUT2D eigenvalue weighted by molar-refractivity contribution is 0.00286. The van der Waals surface area contributed by atoms with E-state index in [1.807, 2.05) is 6.92 Å². The monoisotopic (exact) mass is 245 g/mol. The Kier molecular flexibility index (Phi) is 3.57. The largest absolute Gasteiger partial charge is 0.378 e. The first kappa shape index (κ1) is 12.2. The van der Waals surface area contributed by atoms with E-state index in [0.717, 1.165) is 0 Å². The summed E-state index contributed by atoms with van der Waals surface area (Å²) in [5.41, 5.74) is -0.258. The fraction of sp³-hybridized carbons (Fsp3) is 0.500. The molecule has 2 rings (SSSR count). The third kappa shape index (κ3) is 2.72. The molecule has 0 heterocycles. The van der Waals surface area contributed by atoms with Gasteiger partial charge in [-0.25, -0.2) is 13.2 Å². The van der Waals surface area contributed by atoms with E-state index in [4.69, 9.17) is 4.74 Å². The van der Waals surface area contributed by atoms with Gasteiger partial charge in [0, 0.05) is 24.8 Å². The predicted molar refractivity (Wildman–Crippen MR) is 58.4 cm³/mol. The van der Waals surface area contributed by atoms with E-state index >= 15 is 0 Å². The van der Waals surface area contributed by atoms with Crippen LogP contribution >= 0.6 is 0 Å². The van der Waals surface area contributed by atoms with Gasteiger partial charge < -0.3 is 10.1 Å². The molecule has 0 spiro atoms. The van der Waals surface area contributed by atoms with Gasteiger partial charge in [-0.3, -0.25) is 0 Å². The summed E-state index contributed by atoms with van der Waals surface area (Å²) in [6, 6.07) is 1.33. The summed E-state index contributed by atoms with van der Waals surface area (Å²) >= 11 is 0. The molecular weight excluding hydrogens is 231 g/mol. The Morgan fingerprint density at radius 3 is 2.35 bits per heavy atom. The number of anilines is 1. The van der Waals surface area contributed by atoms with Gasteiger partial charge >= 0.3 is 0 Å². The standard InChI is InChI=1S/C12H14F3NO/c1-2-17-9-5-8(6-9)16-12-10(14)3-7(13)4-11(12)15/h3-4,8-9,16H,2,5-6H2,1H3. The van der Waals surface area contributed by atoms with Crippen LogP contribution in [0.15, 0.2) is 12.1 Å². The van der Waals surface area contributed by atoms with Crippen LogP contribution in [-0.4, -0.2) is 18.8 Å². The molecule has 1 saturated carbocycles. The highest BCUT2D eigenvalue weighted by atomic mass is 19.1. The van der Waals surface area contributed by atoms with Crippen LogP contribution in [0.3, 0.4) is 0 Å². The third-order valence-electron chi connectivity index (χ3n) is 2.85. The van der Waals surface area contributed by atoms with E-state index in [-0.39, 0.29) is 17.8 Å². The van der Waals surface area contributed by atoms with Crippen LogP contribution in [0.5, 0.6) is 0 Å². The smallest absolute Gasteiger partial charge is 0.152 e. The van der Waals surface area contributed by atoms with E-state index in [1.165, 1.54) is 0 Å². The van der Waals surface area contributed by atoms with Crippen molar-refractivity contribution in [1.82, 2.24) is 0 Å². The fourth-order valence-electron chi connectivity index (χ4n) is 1.94. The van der Waals surface area contributed by atoms with Crippen LogP contribution in [0.4, 0.5) is 18.9 Å². The van der Waals surface area contributed by atoms with Gasteiger partial charge in [0.15, 0.2) is 11.6 Å². The lowest BCUT2D eigenvalue weighted by atomic mass is 9.89. The maximum absolute atomic E-state index is 13.3. The summed E-state index contributed by atoms with van der Waals surface area (Å²) in [6.07, 6.45) is 1.58. The molecule has 5 heteroatoms. The minimum absolute atomic E-state index is 0.0130. The van der Waals surface area contributed by atoms with Crippen LogP contribution in [0.2, 0.25) is 0 Å². The first-order chi connectivity index (χ1) is 8.10. The van der Waals surface area contributed by atoms with Crippen molar-refractivity contribution in [2.75, 3.05) is 11.9 Å². The third-order valence-corrected chi connectivity index (χ3v) is 2.85. The van der Waals surface area contributed by atoms with Crippen molar-refractivity contribution in [3.8, 4) is 0 Å². The summed E-state index contributed by atoms with van der Waals surface area (Å²) in [5.74, 6) is -2.71. The second-order valence-corrected chi connectivity index (χ2v) is 4.13. The van der Waals surface area contributed by atoms with E-state index in [2.05, 4.69) is 5.32 Å². The molecular formula is C12H14F3NO. The van der Waals surface area contributed by atoms with Gasteiger partial charge in [0.1, 0.15) is 11.5 Å². The Hall–Kier alpha value is -1.23. The maximum Gasteiger partial charge on any atom is 0.152 e. The molecule has 0 unspecified atom stereocenters. The number of nitrogens with one attached hydrogen (secondary N) is 1. The van der Waals surface area contributed by atoms with Gasteiger partial charge in [0.25, 0.3) is 0 Å². The summed E-state index contributed by atoms with van der Waals surface area (Å²) < 4.78 is 44.6. The number of benzene rings is 1. The van der Waals surface area contributed by atoms with Crippen molar-refractivity contribution in [1.29, 1.82) is 0 Å². The van der Waals surface area contributed by atoms with E-state index in [0.29, 0.717) is 31.6 Å². The molecule has 0 amide bonds. The molecule has 17 heavy (non-hydrogen) atoms. The van der Waals surface area contributed by atoms with Crippen molar-refractivity contribution in [2.24, 2.45) is 0 Å². The van der Waals surface area contributed by atoms with Crippen molar-refractivity contribution in [2.45, 2.75) is 31.9 Å². The molecule has 1 aromatic rings. The number of halogens is 3. The van der Waals surface area contributed by atoms with Crippen LogP contribution in [-0.2, 0) is 4.74 Å². The zero-order chi connectivity index (χ0) is 12.4. The van der Waals surface area contributed by atoms with Crippen LogP contribution in [0.25, 0.3) is 0 Å². The Morgan fingerprint density at radius 2 is 1.82 bits per heavy atom. The SMILES string of the molecule is CCOC1CC(Nc2c(F)cc(F)cc2F)C1. The van der Waals surface area contributed by atoms with Crippen molar-refractivity contribution >= 4 is 5.69 Å². The fourth-order valence-corrected chi connectivity index (χ4v) is 1.94. The molecule has 1 fully saturated rings. The van der Waals surface area contributed by atoms with Gasteiger partial charge in [-0.05, 0) is 19.8 Å². The van der Waals surface area contributed by atoms with Crippen LogP contribution < -0.4 is 5.32 Å². The van der Waals surface area contributed by atoms with Gasteiger partial charge in [0.05, 0.1) is 6.10 Å². The maximum atomic E-state index is 13.3. The molecule has 0 atom stereocenters. The van der Waals surface area contributed by atoms with E-state index in [9.17, 15) is 13.2 Å². The number of hydrogen-bond acceptors (Lipinski definition) is 2. The van der Waals surface area contributed by atoms with Crippen molar-refractivity contribution < 1.29 is 17.9 Å². The molecule has 1 aromatic carbocycles. The molecule has 2 nitrogen and oxygen atoms in total. The van der Waals surface area contributed by atoms with Gasteiger partial charge in [-0.1, -0.05) is 0 Å². The lowest BCUT2D eigenvalue weighted by Gasteiger charge is -2.36. The van der Waals surface area contributed by atoms with Crippen LogP contribution in [0.1, 0.15) is 19.8 Å². The van der Waals surface area contributed by atoms with Crippen molar-refractivity contribution in [3.63, 3.8) is 0 Å². The minimum atomic E-state index is -0.911. The Balaban J connectivity index is 1.97. The van der Waals surface area contributed by atoms with Crippen molar-refractivity contribution in [3.05, 3.63) is 29.6 Å². The lowest BCUT2D eigenvalue weighted by Crippen LogP contribution is -2.41. The number of rotatable bonds is 4. The zero-order valence-electron chi connectivity index (χ0n) is 9.47. The van der Waals surface area contributed by atoms with Gasteiger partial charge in [-0.2, -0.15) is 0 Å². The molecule has 1 N–H and O–H groups in total. The second-order valence-electron chi connectivity index (χ2n) is 4.13. The van der Waals surface area contributed by atoms with Crippen LogP contribution in [0, 0.1) is 17.5 Å². The molecule has 0 aromatic heterocycles. The first-order valence-electron chi connectivity index (χ1n) is 5.62. The predicted octanol–water partition coefficient (Wildman–Crippen LogP) is 3.08. The molecule has 0 saturated heterocycles. The normalized spacial score (nSPS) is 23.3. The molecule has 1 aliphatic rings. The highest BCUT2D eigenvalue weighted by molar-refractivity contribution is 5.47. The van der Waals surface area contributed by atoms with Gasteiger partial charge in [0.2, 0.25) is 0 Å². The zero-order valence-corrected chi connectivity index (χ0v) is 9.47. The molecule has 0 radical (unpaired) electrons. The first-order valence-corrected chi connectivity index (χ1v) is 5.62. The minimum Gasteiger partial charge on any atom is -0.378 e. The molecule has 94 valence electrons. The summed E-state index contributed by atoms with van der Waals surface area (Å²) in [7, 11) is 0. The van der Waals surface area contributed by atoms with E-state index in [1.54, 1.807) is 0 Å². The molecule has 0 bridgehead atoms. The average molecular weight is 245 g/mol. The number of ether oxygens (including phenoxy) is 1. The summed E-state index contributed by atoms with van der Waals surface area (Å²) in [6.45, 7) is 2.54. The van der Waals surface area contributed by atoms with Gasteiger partial charge in [-0.15, -0.1) is 0 Å². The number of hydrogen-bond donors (Lipinski definition) is 1. The highest BCUT2D eigenvalue weighted by Gasteiger charge is 2.30. The summed E-state index contributed by atoms with van der Waals surface area (Å²) in [5, 5.41) is 2.73. The quantitative estimate of drug-likeness (QED) is 0.880. The van der Waals surface area contributed by atoms with E-state index < -0.39 is 17.5 Å². The molecule has 1 aliphatic carbocycles. The highest BCUT2D eigenvalue weighted by Crippen LogP contribution is 2.29. The Labute approximate surface area is 97.8 Å². The second kappa shape index (κ2) is 4.96. The summed E-state index contributed by atoms with van der Waals surface area (Å²) in [4.78, 5) is 0. The Bertz CT molecular complexity index is 382. The average Bonchev–Trinajstić information content (AvgIpc) is 2.18. The topological polar surface area (TPSA) is 21.3 Å². The molecule has 0 aliphatic heterocycles. The Morgan fingerprint density at radius 1 is 1.24 bits per heavy atom.